The Bertz CT molecular complexity index is 229. The van der Waals surface area contributed by atoms with Crippen molar-refractivity contribution in [3.63, 3.8) is 0 Å². The molecule has 4 nitrogen and oxygen atoms in total. The molecular formula is C3H5NO3S2. The first kappa shape index (κ1) is 7.04. The number of rotatable bonds is 0. The van der Waals surface area contributed by atoms with Crippen LogP contribution in [0.3, 0.4) is 0 Å². The van der Waals surface area contributed by atoms with Crippen LogP contribution in [-0.4, -0.2) is 23.8 Å². The van der Waals surface area contributed by atoms with Crippen molar-refractivity contribution in [3.8, 4) is 0 Å². The molecule has 0 aliphatic carbocycles. The second-order valence-electron chi connectivity index (χ2n) is 1.54. The van der Waals surface area contributed by atoms with Gasteiger partial charge in [0, 0.05) is 12.2 Å². The van der Waals surface area contributed by atoms with E-state index in [-0.39, 0.29) is 5.04 Å². The zero-order chi connectivity index (χ0) is 6.91. The molecule has 0 unspecified atom stereocenters. The summed E-state index contributed by atoms with van der Waals surface area (Å²) in [5.74, 6) is 0.648. The molecule has 0 radical (unpaired) electrons. The molecule has 0 bridgehead atoms. The van der Waals surface area contributed by atoms with Crippen LogP contribution in [-0.2, 0) is 10.1 Å². The summed E-state index contributed by atoms with van der Waals surface area (Å²) in [6.07, 6.45) is 0.351. The van der Waals surface area contributed by atoms with Crippen molar-refractivity contribution in [1.82, 2.24) is 0 Å². The highest BCUT2D eigenvalue weighted by Gasteiger charge is 2.19. The predicted molar refractivity (Wildman–Crippen MR) is 36.1 cm³/mol. The molecule has 9 heavy (non-hydrogen) atoms. The largest absolute Gasteiger partial charge is 0.308 e. The fourth-order valence-electron chi connectivity index (χ4n) is 0.472. The fourth-order valence-corrected chi connectivity index (χ4v) is 2.11. The SMILES string of the molecule is O=S(=O)(O)C1=NSCC1. The summed E-state index contributed by atoms with van der Waals surface area (Å²) in [7, 11) is -3.97. The molecule has 6 heteroatoms. The van der Waals surface area contributed by atoms with E-state index in [4.69, 9.17) is 4.55 Å². The van der Waals surface area contributed by atoms with Gasteiger partial charge in [0.05, 0.1) is 0 Å². The number of nitrogens with zero attached hydrogens (tertiary/aromatic N) is 1. The summed E-state index contributed by atoms with van der Waals surface area (Å²) >= 11 is 1.16. The molecule has 0 aromatic rings. The molecule has 0 aromatic carbocycles. The average molecular weight is 167 g/mol. The monoisotopic (exact) mass is 167 g/mol. The quantitative estimate of drug-likeness (QED) is 0.417. The van der Waals surface area contributed by atoms with Gasteiger partial charge in [0.25, 0.3) is 0 Å². The lowest BCUT2D eigenvalue weighted by atomic mass is 10.5. The minimum Gasteiger partial charge on any atom is -0.281 e. The molecule has 0 fully saturated rings. The normalized spacial score (nSPS) is 19.9. The lowest BCUT2D eigenvalue weighted by Gasteiger charge is -1.88. The lowest BCUT2D eigenvalue weighted by molar-refractivity contribution is 0.497. The first-order valence-electron chi connectivity index (χ1n) is 2.27. The summed E-state index contributed by atoms with van der Waals surface area (Å²) in [4.78, 5) is 0. The van der Waals surface area contributed by atoms with Gasteiger partial charge in [0.2, 0.25) is 0 Å². The van der Waals surface area contributed by atoms with Crippen molar-refractivity contribution >= 4 is 27.1 Å². The van der Waals surface area contributed by atoms with Crippen LogP contribution in [0.15, 0.2) is 4.40 Å². The highest BCUT2D eigenvalue weighted by molar-refractivity contribution is 8.05. The van der Waals surface area contributed by atoms with Gasteiger partial charge in [0.1, 0.15) is 0 Å². The van der Waals surface area contributed by atoms with E-state index in [0.29, 0.717) is 12.2 Å². The van der Waals surface area contributed by atoms with E-state index < -0.39 is 10.1 Å². The molecule has 1 N–H and O–H groups in total. The van der Waals surface area contributed by atoms with E-state index in [2.05, 4.69) is 4.40 Å². The molecule has 1 rings (SSSR count). The van der Waals surface area contributed by atoms with Crippen molar-refractivity contribution < 1.29 is 13.0 Å². The van der Waals surface area contributed by atoms with Crippen molar-refractivity contribution in [3.05, 3.63) is 0 Å². The van der Waals surface area contributed by atoms with E-state index in [0.717, 1.165) is 11.9 Å². The maximum absolute atomic E-state index is 10.2. The first-order chi connectivity index (χ1) is 4.11. The Hall–Kier alpha value is -0.0700. The minimum atomic E-state index is -3.97. The average Bonchev–Trinajstić information content (AvgIpc) is 2.08. The van der Waals surface area contributed by atoms with E-state index in [1.807, 2.05) is 0 Å². The van der Waals surface area contributed by atoms with Crippen LogP contribution < -0.4 is 0 Å². The van der Waals surface area contributed by atoms with Gasteiger partial charge in [-0.15, -0.1) is 0 Å². The van der Waals surface area contributed by atoms with Crippen LogP contribution in [0.5, 0.6) is 0 Å². The zero-order valence-electron chi connectivity index (χ0n) is 4.44. The van der Waals surface area contributed by atoms with Gasteiger partial charge in [-0.1, -0.05) is 0 Å². The maximum Gasteiger partial charge on any atom is 0.308 e. The molecule has 0 saturated heterocycles. The summed E-state index contributed by atoms with van der Waals surface area (Å²) in [6, 6.07) is 0. The molecule has 1 aliphatic rings. The molecular weight excluding hydrogens is 162 g/mol. The van der Waals surface area contributed by atoms with Crippen molar-refractivity contribution in [1.29, 1.82) is 0 Å². The summed E-state index contributed by atoms with van der Waals surface area (Å²) < 4.78 is 32.3. The Labute approximate surface area is 57.2 Å². The van der Waals surface area contributed by atoms with Crippen LogP contribution in [0.2, 0.25) is 0 Å². The molecule has 0 amide bonds. The van der Waals surface area contributed by atoms with Crippen molar-refractivity contribution in [2.45, 2.75) is 6.42 Å². The van der Waals surface area contributed by atoms with Gasteiger partial charge >= 0.3 is 10.1 Å². The summed E-state index contributed by atoms with van der Waals surface area (Å²) in [5, 5.41) is -0.104. The van der Waals surface area contributed by atoms with Crippen molar-refractivity contribution in [2.75, 3.05) is 5.75 Å². The molecule has 0 aromatic heterocycles. The molecule has 1 aliphatic heterocycles. The molecule has 0 spiro atoms. The van der Waals surface area contributed by atoms with Crippen LogP contribution in [0.4, 0.5) is 0 Å². The Morgan fingerprint density at radius 3 is 2.56 bits per heavy atom. The molecule has 0 saturated carbocycles. The Kier molecular flexibility index (Phi) is 1.78. The Balaban J connectivity index is 2.87. The van der Waals surface area contributed by atoms with Gasteiger partial charge in [-0.2, -0.15) is 8.42 Å². The van der Waals surface area contributed by atoms with Crippen LogP contribution in [0.25, 0.3) is 0 Å². The highest BCUT2D eigenvalue weighted by Crippen LogP contribution is 2.17. The second-order valence-corrected chi connectivity index (χ2v) is 3.81. The van der Waals surface area contributed by atoms with Crippen LogP contribution in [0.1, 0.15) is 6.42 Å². The first-order valence-corrected chi connectivity index (χ1v) is 4.65. The van der Waals surface area contributed by atoms with Gasteiger partial charge in [-0.3, -0.25) is 4.55 Å². The lowest BCUT2D eigenvalue weighted by Crippen LogP contribution is -2.10. The van der Waals surface area contributed by atoms with E-state index in [1.54, 1.807) is 0 Å². The third-order valence-corrected chi connectivity index (χ3v) is 2.61. The second kappa shape index (κ2) is 2.28. The Morgan fingerprint density at radius 2 is 2.33 bits per heavy atom. The van der Waals surface area contributed by atoms with Crippen LogP contribution in [0, 0.1) is 0 Å². The van der Waals surface area contributed by atoms with Gasteiger partial charge in [-0.25, -0.2) is 4.40 Å². The van der Waals surface area contributed by atoms with E-state index in [9.17, 15) is 8.42 Å². The number of hydrogen-bond donors (Lipinski definition) is 1. The summed E-state index contributed by atoms with van der Waals surface area (Å²) in [5.41, 5.74) is 0. The smallest absolute Gasteiger partial charge is 0.281 e. The van der Waals surface area contributed by atoms with Gasteiger partial charge < -0.3 is 0 Å². The predicted octanol–water partition coefficient (Wildman–Crippen LogP) is 0.325. The Morgan fingerprint density at radius 1 is 1.67 bits per heavy atom. The fraction of sp³-hybridized carbons (Fsp3) is 0.667. The van der Waals surface area contributed by atoms with E-state index >= 15 is 0 Å². The highest BCUT2D eigenvalue weighted by atomic mass is 32.2. The number of hydrogen-bond acceptors (Lipinski definition) is 4. The third-order valence-electron chi connectivity index (χ3n) is 0.871. The van der Waals surface area contributed by atoms with Gasteiger partial charge in [-0.05, 0) is 11.9 Å². The molecule has 1 heterocycles. The van der Waals surface area contributed by atoms with Gasteiger partial charge in [0.15, 0.2) is 5.04 Å². The van der Waals surface area contributed by atoms with E-state index in [1.165, 1.54) is 0 Å². The minimum absolute atomic E-state index is 0.104. The zero-order valence-corrected chi connectivity index (χ0v) is 6.07. The maximum atomic E-state index is 10.2. The summed E-state index contributed by atoms with van der Waals surface area (Å²) in [6.45, 7) is 0. The topological polar surface area (TPSA) is 66.7 Å². The standard InChI is InChI=1S/C3H5NO3S2/c5-9(6,7)3-1-2-8-4-3/h1-2H2,(H,5,6,7). The van der Waals surface area contributed by atoms with Crippen molar-refractivity contribution in [2.24, 2.45) is 4.40 Å². The molecule has 52 valence electrons. The van der Waals surface area contributed by atoms with Crippen LogP contribution >= 0.6 is 11.9 Å². The third kappa shape index (κ3) is 1.67. The molecule has 0 atom stereocenters.